The fourth-order valence-corrected chi connectivity index (χ4v) is 2.57. The summed E-state index contributed by atoms with van der Waals surface area (Å²) in [7, 11) is 0. The number of carbonyl (C=O) groups is 2. The summed E-state index contributed by atoms with van der Waals surface area (Å²) >= 11 is 0. The summed E-state index contributed by atoms with van der Waals surface area (Å²) in [6, 6.07) is 8.12. The van der Waals surface area contributed by atoms with Gasteiger partial charge in [0.15, 0.2) is 0 Å². The number of rotatable bonds is 2. The topological polar surface area (TPSA) is 85.5 Å². The van der Waals surface area contributed by atoms with E-state index in [-0.39, 0.29) is 0 Å². The van der Waals surface area contributed by atoms with Gasteiger partial charge >= 0.3 is 12.0 Å². The highest BCUT2D eigenvalue weighted by Gasteiger charge is 2.34. The maximum atomic E-state index is 12.2. The molecule has 21 heavy (non-hydrogen) atoms. The Morgan fingerprint density at radius 3 is 2.95 bits per heavy atom. The van der Waals surface area contributed by atoms with Gasteiger partial charge in [0.05, 0.1) is 11.7 Å². The predicted molar refractivity (Wildman–Crippen MR) is 76.7 cm³/mol. The van der Waals surface area contributed by atoms with Gasteiger partial charge in [-0.05, 0) is 25.0 Å². The monoisotopic (exact) mass is 285 g/mol. The van der Waals surface area contributed by atoms with Crippen LogP contribution in [-0.2, 0) is 4.79 Å². The first-order chi connectivity index (χ1) is 10.1. The van der Waals surface area contributed by atoms with E-state index < -0.39 is 18.0 Å². The van der Waals surface area contributed by atoms with Crippen LogP contribution in [0.5, 0.6) is 5.75 Å². The van der Waals surface area contributed by atoms with Crippen molar-refractivity contribution in [1.82, 2.24) is 9.88 Å². The van der Waals surface area contributed by atoms with Crippen molar-refractivity contribution in [3.05, 3.63) is 36.5 Å². The van der Waals surface area contributed by atoms with Crippen LogP contribution < -0.4 is 10.5 Å². The number of nitrogens with zero attached hydrogens (tertiary/aromatic N) is 2. The molecule has 2 amide bonds. The molecule has 1 atom stereocenters. The van der Waals surface area contributed by atoms with Crippen LogP contribution in [0.3, 0.4) is 0 Å². The molecule has 1 unspecified atom stereocenters. The summed E-state index contributed by atoms with van der Waals surface area (Å²) in [5, 5.41) is 0.890. The zero-order valence-corrected chi connectivity index (χ0v) is 11.4. The van der Waals surface area contributed by atoms with E-state index in [1.165, 1.54) is 11.1 Å². The first kappa shape index (κ1) is 13.4. The molecule has 0 saturated carbocycles. The van der Waals surface area contributed by atoms with Crippen molar-refractivity contribution in [2.24, 2.45) is 5.73 Å². The van der Waals surface area contributed by atoms with Crippen molar-refractivity contribution >= 4 is 22.9 Å². The normalized spacial score (nSPS) is 17.9. The molecule has 2 heterocycles. The highest BCUT2D eigenvalue weighted by atomic mass is 16.5. The minimum atomic E-state index is -0.603. The highest BCUT2D eigenvalue weighted by molar-refractivity contribution is 5.86. The number of fused-ring (bicyclic) bond motifs is 1. The first-order valence-electron chi connectivity index (χ1n) is 6.78. The lowest BCUT2D eigenvalue weighted by Crippen LogP contribution is -2.45. The summed E-state index contributed by atoms with van der Waals surface area (Å²) < 4.78 is 5.34. The summed E-state index contributed by atoms with van der Waals surface area (Å²) in [6.07, 6.45) is 2.82. The Morgan fingerprint density at radius 2 is 2.14 bits per heavy atom. The molecule has 0 spiro atoms. The molecule has 0 bridgehead atoms. The zero-order valence-electron chi connectivity index (χ0n) is 11.4. The van der Waals surface area contributed by atoms with Gasteiger partial charge in [0.25, 0.3) is 0 Å². The van der Waals surface area contributed by atoms with Crippen LogP contribution in [0.25, 0.3) is 10.9 Å². The molecule has 0 radical (unpaired) electrons. The number of para-hydroxylation sites is 1. The van der Waals surface area contributed by atoms with Crippen LogP contribution >= 0.6 is 0 Å². The minimum absolute atomic E-state index is 0.370. The van der Waals surface area contributed by atoms with Gasteiger partial charge in [-0.1, -0.05) is 18.2 Å². The second-order valence-electron chi connectivity index (χ2n) is 4.97. The highest BCUT2D eigenvalue weighted by Crippen LogP contribution is 2.22. The average Bonchev–Trinajstić information content (AvgIpc) is 2.97. The molecule has 1 fully saturated rings. The molecule has 2 aromatic rings. The first-order valence-corrected chi connectivity index (χ1v) is 6.78. The van der Waals surface area contributed by atoms with Crippen molar-refractivity contribution < 1.29 is 14.3 Å². The smallest absolute Gasteiger partial charge is 0.334 e. The van der Waals surface area contributed by atoms with E-state index in [0.29, 0.717) is 18.7 Å². The molecular weight excluding hydrogens is 270 g/mol. The summed E-state index contributed by atoms with van der Waals surface area (Å²) in [6.45, 7) is 0.491. The number of urea groups is 1. The third kappa shape index (κ3) is 2.65. The number of hydrogen-bond donors (Lipinski definition) is 1. The van der Waals surface area contributed by atoms with Crippen LogP contribution in [0.2, 0.25) is 0 Å². The number of aromatic nitrogens is 1. The van der Waals surface area contributed by atoms with Crippen LogP contribution in [0.1, 0.15) is 12.8 Å². The van der Waals surface area contributed by atoms with Crippen molar-refractivity contribution in [3.63, 3.8) is 0 Å². The number of carbonyl (C=O) groups excluding carboxylic acids is 2. The molecule has 6 nitrogen and oxygen atoms in total. The summed E-state index contributed by atoms with van der Waals surface area (Å²) in [5.41, 5.74) is 6.09. The Bertz CT molecular complexity index is 701. The SMILES string of the molecule is NC(=O)N1CCCC1C(=O)Oc1cnc2ccccc2c1. The fraction of sp³-hybridized carbons (Fsp3) is 0.267. The number of benzene rings is 1. The van der Waals surface area contributed by atoms with E-state index in [1.807, 2.05) is 24.3 Å². The Kier molecular flexibility index (Phi) is 3.43. The molecule has 1 aliphatic heterocycles. The second kappa shape index (κ2) is 5.40. The van der Waals surface area contributed by atoms with Crippen LogP contribution in [0, 0.1) is 0 Å². The van der Waals surface area contributed by atoms with Crippen molar-refractivity contribution in [2.75, 3.05) is 6.54 Å². The predicted octanol–water partition coefficient (Wildman–Crippen LogP) is 1.68. The number of pyridine rings is 1. The second-order valence-corrected chi connectivity index (χ2v) is 4.97. The van der Waals surface area contributed by atoms with E-state index in [1.54, 1.807) is 6.07 Å². The van der Waals surface area contributed by atoms with Gasteiger partial charge in [-0.15, -0.1) is 0 Å². The number of likely N-dealkylation sites (tertiary alicyclic amines) is 1. The summed E-state index contributed by atoms with van der Waals surface area (Å²) in [4.78, 5) is 29.0. The van der Waals surface area contributed by atoms with E-state index in [4.69, 9.17) is 10.5 Å². The van der Waals surface area contributed by atoms with E-state index >= 15 is 0 Å². The number of esters is 1. The van der Waals surface area contributed by atoms with Gasteiger partial charge in [0.1, 0.15) is 11.8 Å². The van der Waals surface area contributed by atoms with Gasteiger partial charge in [-0.25, -0.2) is 9.59 Å². The number of nitrogens with two attached hydrogens (primary N) is 1. The lowest BCUT2D eigenvalue weighted by Gasteiger charge is -2.20. The molecule has 6 heteroatoms. The minimum Gasteiger partial charge on any atom is -0.423 e. The van der Waals surface area contributed by atoms with Gasteiger partial charge in [-0.3, -0.25) is 4.98 Å². The van der Waals surface area contributed by atoms with Crippen LogP contribution in [0.15, 0.2) is 36.5 Å². The van der Waals surface area contributed by atoms with E-state index in [0.717, 1.165) is 17.3 Å². The molecule has 0 aliphatic carbocycles. The Balaban J connectivity index is 1.78. The lowest BCUT2D eigenvalue weighted by molar-refractivity contribution is -0.138. The molecule has 1 aromatic carbocycles. The third-order valence-corrected chi connectivity index (χ3v) is 3.59. The van der Waals surface area contributed by atoms with Crippen LogP contribution in [0.4, 0.5) is 4.79 Å². The van der Waals surface area contributed by atoms with Crippen molar-refractivity contribution in [1.29, 1.82) is 0 Å². The van der Waals surface area contributed by atoms with Crippen molar-refractivity contribution in [2.45, 2.75) is 18.9 Å². The van der Waals surface area contributed by atoms with Crippen LogP contribution in [-0.4, -0.2) is 34.5 Å². The zero-order chi connectivity index (χ0) is 14.8. The molecular formula is C15H15N3O3. The molecule has 1 aromatic heterocycles. The standard InChI is InChI=1S/C15H15N3O3/c16-15(20)18-7-3-6-13(18)14(19)21-11-8-10-4-1-2-5-12(10)17-9-11/h1-2,4-5,8-9,13H,3,6-7H2,(H2,16,20). The Hall–Kier alpha value is -2.63. The van der Waals surface area contributed by atoms with E-state index in [2.05, 4.69) is 4.98 Å². The Labute approximate surface area is 121 Å². The molecule has 3 rings (SSSR count). The maximum absolute atomic E-state index is 12.2. The van der Waals surface area contributed by atoms with Gasteiger partial charge in [-0.2, -0.15) is 0 Å². The lowest BCUT2D eigenvalue weighted by atomic mass is 10.2. The summed E-state index contributed by atoms with van der Waals surface area (Å²) in [5.74, 6) is -0.0987. The largest absolute Gasteiger partial charge is 0.423 e. The quantitative estimate of drug-likeness (QED) is 0.851. The maximum Gasteiger partial charge on any atom is 0.334 e. The van der Waals surface area contributed by atoms with Crippen molar-refractivity contribution in [3.8, 4) is 5.75 Å². The number of hydrogen-bond acceptors (Lipinski definition) is 4. The van der Waals surface area contributed by atoms with E-state index in [9.17, 15) is 9.59 Å². The van der Waals surface area contributed by atoms with Gasteiger partial charge in [0, 0.05) is 11.9 Å². The molecule has 1 saturated heterocycles. The third-order valence-electron chi connectivity index (χ3n) is 3.59. The molecule has 1 aliphatic rings. The number of primary amides is 1. The Morgan fingerprint density at radius 1 is 1.33 bits per heavy atom. The van der Waals surface area contributed by atoms with Gasteiger partial charge in [0.2, 0.25) is 0 Å². The molecule has 108 valence electrons. The number of amides is 2. The fourth-order valence-electron chi connectivity index (χ4n) is 2.57. The van der Waals surface area contributed by atoms with Gasteiger partial charge < -0.3 is 15.4 Å². The average molecular weight is 285 g/mol. The molecule has 2 N–H and O–H groups in total. The number of ether oxygens (including phenoxy) is 1.